The average molecular weight is 433 g/mol. The van der Waals surface area contributed by atoms with Crippen LogP contribution in [0.4, 0.5) is 13.2 Å². The highest BCUT2D eigenvalue weighted by Crippen LogP contribution is 2.28. The molecule has 0 aliphatic carbocycles. The Morgan fingerprint density at radius 1 is 1.52 bits per heavy atom. The van der Waals surface area contributed by atoms with E-state index < -0.39 is 12.1 Å². The summed E-state index contributed by atoms with van der Waals surface area (Å²) < 4.78 is 39.3. The third-order valence-electron chi connectivity index (χ3n) is 4.03. The first-order valence-electron chi connectivity index (χ1n) is 8.62. The Hall–Kier alpha value is -2.31. The summed E-state index contributed by atoms with van der Waals surface area (Å²) >= 11 is 1.69. The van der Waals surface area contributed by atoms with Gasteiger partial charge in [0.2, 0.25) is 0 Å². The molecule has 12 heteroatoms. The Morgan fingerprint density at radius 2 is 2.21 bits per heavy atom. The topological polar surface area (TPSA) is 93.4 Å². The molecule has 3 rings (SSSR count). The van der Waals surface area contributed by atoms with Crippen LogP contribution >= 0.6 is 11.3 Å². The van der Waals surface area contributed by atoms with Crippen LogP contribution in [0.15, 0.2) is 18.0 Å². The first-order chi connectivity index (χ1) is 13.6. The molecule has 0 saturated heterocycles. The Kier molecular flexibility index (Phi) is 7.88. The fourth-order valence-corrected chi connectivity index (χ4v) is 3.55. The standard InChI is InChI=1S/C15H21N5OS.C2HF3O2/c1-4-5-21-9-12-6-20(7-13-10-22-11(2)16-13)8-14-15(12)19(3)18-17-14;3-2(4,5)1(6)7/h4,10,12H,1,5-9H2,2-3H3;(H,6,7). The summed E-state index contributed by atoms with van der Waals surface area (Å²) in [5, 5.41) is 18.8. The van der Waals surface area contributed by atoms with Crippen molar-refractivity contribution in [3.05, 3.63) is 40.1 Å². The summed E-state index contributed by atoms with van der Waals surface area (Å²) in [6.07, 6.45) is -3.30. The second kappa shape index (κ2) is 9.94. The van der Waals surface area contributed by atoms with Crippen molar-refractivity contribution >= 4 is 17.3 Å². The maximum absolute atomic E-state index is 10.6. The Labute approximate surface area is 169 Å². The molecule has 3 heterocycles. The molecule has 8 nitrogen and oxygen atoms in total. The lowest BCUT2D eigenvalue weighted by molar-refractivity contribution is -0.192. The van der Waals surface area contributed by atoms with Gasteiger partial charge in [-0.15, -0.1) is 23.0 Å². The van der Waals surface area contributed by atoms with Crippen molar-refractivity contribution in [1.82, 2.24) is 24.9 Å². The number of nitrogens with zero attached hydrogens (tertiary/aromatic N) is 5. The molecule has 0 fully saturated rings. The molecule has 1 unspecified atom stereocenters. The molecule has 0 saturated carbocycles. The SMILES string of the molecule is C=CCOCC1CN(Cc2csc(C)n2)Cc2nnn(C)c21.O=C(O)C(F)(F)F. The molecule has 0 amide bonds. The van der Waals surface area contributed by atoms with Gasteiger partial charge in [0.1, 0.15) is 5.69 Å². The summed E-state index contributed by atoms with van der Waals surface area (Å²) in [4.78, 5) is 15.8. The fraction of sp³-hybridized carbons (Fsp3) is 0.529. The molecule has 1 aliphatic rings. The Bertz CT molecular complexity index is 837. The number of aromatic nitrogens is 4. The summed E-state index contributed by atoms with van der Waals surface area (Å²) in [6, 6.07) is 0. The van der Waals surface area contributed by atoms with Crippen LogP contribution in [-0.2, 0) is 29.7 Å². The number of aliphatic carboxylic acids is 1. The average Bonchev–Trinajstić information content (AvgIpc) is 3.20. The van der Waals surface area contributed by atoms with E-state index in [2.05, 4.69) is 32.2 Å². The first kappa shape index (κ1) is 23.0. The number of carboxylic acids is 1. The van der Waals surface area contributed by atoms with Gasteiger partial charge in [-0.1, -0.05) is 11.3 Å². The number of aryl methyl sites for hydroxylation is 2. The van der Waals surface area contributed by atoms with Crippen molar-refractivity contribution < 1.29 is 27.8 Å². The quantitative estimate of drug-likeness (QED) is 0.553. The molecule has 0 spiro atoms. The summed E-state index contributed by atoms with van der Waals surface area (Å²) in [5.74, 6) is -2.48. The minimum Gasteiger partial charge on any atom is -0.475 e. The molecule has 2 aromatic heterocycles. The number of fused-ring (bicyclic) bond motifs is 1. The minimum absolute atomic E-state index is 0.281. The van der Waals surface area contributed by atoms with Crippen LogP contribution in [0.25, 0.3) is 0 Å². The third-order valence-corrected chi connectivity index (χ3v) is 4.85. The van der Waals surface area contributed by atoms with Gasteiger partial charge in [-0.05, 0) is 6.92 Å². The lowest BCUT2D eigenvalue weighted by Gasteiger charge is -2.31. The van der Waals surface area contributed by atoms with Crippen molar-refractivity contribution in [1.29, 1.82) is 0 Å². The fourth-order valence-electron chi connectivity index (χ4n) is 2.95. The predicted molar refractivity (Wildman–Crippen MR) is 99.4 cm³/mol. The van der Waals surface area contributed by atoms with E-state index in [0.717, 1.165) is 36.0 Å². The normalized spacial score (nSPS) is 16.7. The van der Waals surface area contributed by atoms with Crippen molar-refractivity contribution in [2.45, 2.75) is 32.1 Å². The molecule has 0 bridgehead atoms. The van der Waals surface area contributed by atoms with Gasteiger partial charge >= 0.3 is 12.1 Å². The maximum Gasteiger partial charge on any atom is 0.490 e. The largest absolute Gasteiger partial charge is 0.490 e. The van der Waals surface area contributed by atoms with E-state index in [9.17, 15) is 13.2 Å². The second-order valence-electron chi connectivity index (χ2n) is 6.40. The van der Waals surface area contributed by atoms with Crippen LogP contribution in [0.1, 0.15) is 28.0 Å². The van der Waals surface area contributed by atoms with Gasteiger partial charge in [0, 0.05) is 38.0 Å². The summed E-state index contributed by atoms with van der Waals surface area (Å²) in [7, 11) is 1.95. The summed E-state index contributed by atoms with van der Waals surface area (Å²) in [5.41, 5.74) is 3.36. The van der Waals surface area contributed by atoms with E-state index >= 15 is 0 Å². The molecule has 1 N–H and O–H groups in total. The second-order valence-corrected chi connectivity index (χ2v) is 7.46. The highest BCUT2D eigenvalue weighted by molar-refractivity contribution is 7.09. The number of hydrogen-bond acceptors (Lipinski definition) is 7. The number of thiazole rings is 1. The van der Waals surface area contributed by atoms with Crippen LogP contribution in [0.5, 0.6) is 0 Å². The molecule has 2 aromatic rings. The van der Waals surface area contributed by atoms with E-state index in [0.29, 0.717) is 13.2 Å². The number of carboxylic acid groups (broad SMARTS) is 1. The number of ether oxygens (including phenoxy) is 1. The van der Waals surface area contributed by atoms with Crippen molar-refractivity contribution in [2.75, 3.05) is 19.8 Å². The molecule has 160 valence electrons. The van der Waals surface area contributed by atoms with Crippen LogP contribution in [0.2, 0.25) is 0 Å². The van der Waals surface area contributed by atoms with Gasteiger partial charge in [0.25, 0.3) is 0 Å². The maximum atomic E-state index is 10.6. The smallest absolute Gasteiger partial charge is 0.475 e. The molecule has 1 aliphatic heterocycles. The van der Waals surface area contributed by atoms with Gasteiger partial charge in [0.15, 0.2) is 0 Å². The first-order valence-corrected chi connectivity index (χ1v) is 9.50. The zero-order valence-electron chi connectivity index (χ0n) is 16.0. The number of halogens is 3. The van der Waals surface area contributed by atoms with Gasteiger partial charge in [0.05, 0.1) is 29.6 Å². The highest BCUT2D eigenvalue weighted by atomic mass is 32.1. The molecule has 1 atom stereocenters. The van der Waals surface area contributed by atoms with E-state index in [1.165, 1.54) is 5.69 Å². The number of hydrogen-bond donors (Lipinski definition) is 1. The molecule has 0 aromatic carbocycles. The van der Waals surface area contributed by atoms with E-state index in [1.807, 2.05) is 18.7 Å². The Balaban J connectivity index is 0.000000370. The van der Waals surface area contributed by atoms with Crippen LogP contribution in [0.3, 0.4) is 0 Å². The molecule has 0 radical (unpaired) electrons. The minimum atomic E-state index is -5.08. The van der Waals surface area contributed by atoms with Crippen molar-refractivity contribution in [3.8, 4) is 0 Å². The van der Waals surface area contributed by atoms with Crippen LogP contribution < -0.4 is 0 Å². The number of rotatable bonds is 6. The summed E-state index contributed by atoms with van der Waals surface area (Å²) in [6.45, 7) is 9.56. The monoisotopic (exact) mass is 433 g/mol. The van der Waals surface area contributed by atoms with Crippen LogP contribution in [-0.4, -0.2) is 61.9 Å². The van der Waals surface area contributed by atoms with E-state index in [-0.39, 0.29) is 5.92 Å². The third kappa shape index (κ3) is 6.61. The molecular weight excluding hydrogens is 411 g/mol. The lowest BCUT2D eigenvalue weighted by Crippen LogP contribution is -2.36. The van der Waals surface area contributed by atoms with Gasteiger partial charge in [-0.25, -0.2) is 9.78 Å². The van der Waals surface area contributed by atoms with Gasteiger partial charge < -0.3 is 9.84 Å². The van der Waals surface area contributed by atoms with E-state index in [1.54, 1.807) is 17.4 Å². The zero-order chi connectivity index (χ0) is 21.6. The number of carbonyl (C=O) groups is 1. The van der Waals surface area contributed by atoms with E-state index in [4.69, 9.17) is 14.6 Å². The van der Waals surface area contributed by atoms with Crippen molar-refractivity contribution in [2.24, 2.45) is 7.05 Å². The van der Waals surface area contributed by atoms with Crippen molar-refractivity contribution in [3.63, 3.8) is 0 Å². The zero-order valence-corrected chi connectivity index (χ0v) is 16.8. The predicted octanol–water partition coefficient (Wildman–Crippen LogP) is 2.52. The molecular formula is C17H22F3N5O3S. The van der Waals surface area contributed by atoms with Crippen LogP contribution in [0, 0.1) is 6.92 Å². The highest BCUT2D eigenvalue weighted by Gasteiger charge is 2.38. The van der Waals surface area contributed by atoms with Gasteiger partial charge in [-0.2, -0.15) is 13.2 Å². The van der Waals surface area contributed by atoms with Gasteiger partial charge in [-0.3, -0.25) is 9.58 Å². The lowest BCUT2D eigenvalue weighted by atomic mass is 9.99. The Morgan fingerprint density at radius 3 is 2.76 bits per heavy atom. The number of alkyl halides is 3. The molecule has 29 heavy (non-hydrogen) atoms.